The third kappa shape index (κ3) is 3.08. The molecule has 1 aliphatic heterocycles. The summed E-state index contributed by atoms with van der Waals surface area (Å²) >= 11 is 0. The second-order valence-corrected chi connectivity index (χ2v) is 6.74. The number of hydrogen-bond donors (Lipinski definition) is 1. The summed E-state index contributed by atoms with van der Waals surface area (Å²) in [5.41, 5.74) is 2.84. The zero-order chi connectivity index (χ0) is 16.4. The topological polar surface area (TPSA) is 58.4 Å². The number of aromatic nitrogens is 1. The highest BCUT2D eigenvalue weighted by Crippen LogP contribution is 2.26. The van der Waals surface area contributed by atoms with Crippen LogP contribution in [0.25, 0.3) is 0 Å². The third-order valence-corrected chi connectivity index (χ3v) is 5.07. The first kappa shape index (κ1) is 15.4. The number of nitrogens with zero attached hydrogens (tertiary/aromatic N) is 2. The van der Waals surface area contributed by atoms with E-state index < -0.39 is 0 Å². The van der Waals surface area contributed by atoms with Gasteiger partial charge in [-0.15, -0.1) is 0 Å². The molecule has 0 spiro atoms. The Morgan fingerprint density at radius 1 is 1.25 bits per heavy atom. The molecule has 1 amide bonds. The van der Waals surface area contributed by atoms with Crippen LogP contribution in [0.1, 0.15) is 46.6 Å². The van der Waals surface area contributed by atoms with E-state index in [9.17, 15) is 4.79 Å². The molecular weight excluding hydrogens is 302 g/mol. The number of fused-ring (bicyclic) bond motifs is 1. The van der Waals surface area contributed by atoms with Gasteiger partial charge in [0.1, 0.15) is 5.76 Å². The summed E-state index contributed by atoms with van der Waals surface area (Å²) in [6.45, 7) is 2.54. The van der Waals surface area contributed by atoms with Crippen LogP contribution in [0.3, 0.4) is 0 Å². The normalized spacial score (nSPS) is 20.2. The maximum absolute atomic E-state index is 12.6. The highest BCUT2D eigenvalue weighted by molar-refractivity contribution is 5.94. The van der Waals surface area contributed by atoms with Crippen LogP contribution in [0.4, 0.5) is 0 Å². The molecular formula is C19H23N3O2. The van der Waals surface area contributed by atoms with Gasteiger partial charge in [-0.05, 0) is 31.2 Å². The lowest BCUT2D eigenvalue weighted by Crippen LogP contribution is -2.35. The molecule has 2 heterocycles. The molecule has 126 valence electrons. The van der Waals surface area contributed by atoms with E-state index in [0.717, 1.165) is 63.1 Å². The fourth-order valence-corrected chi connectivity index (χ4v) is 3.67. The number of likely N-dealkylation sites (tertiary alicyclic amines) is 1. The van der Waals surface area contributed by atoms with E-state index in [1.54, 1.807) is 0 Å². The highest BCUT2D eigenvalue weighted by atomic mass is 16.5. The predicted octanol–water partition coefficient (Wildman–Crippen LogP) is 2.56. The summed E-state index contributed by atoms with van der Waals surface area (Å²) in [4.78, 5) is 14.6. The van der Waals surface area contributed by atoms with Crippen molar-refractivity contribution in [3.05, 3.63) is 52.9 Å². The molecule has 1 N–H and O–H groups in total. The van der Waals surface area contributed by atoms with E-state index in [0.29, 0.717) is 11.7 Å². The van der Waals surface area contributed by atoms with E-state index in [1.165, 1.54) is 5.56 Å². The smallest absolute Gasteiger partial charge is 0.276 e. The molecule has 24 heavy (non-hydrogen) atoms. The third-order valence-electron chi connectivity index (χ3n) is 5.07. The Balaban J connectivity index is 1.44. The minimum absolute atomic E-state index is 0.0428. The zero-order valence-corrected chi connectivity index (χ0v) is 13.8. The number of amides is 1. The van der Waals surface area contributed by atoms with Gasteiger partial charge in [0.25, 0.3) is 5.91 Å². The summed E-state index contributed by atoms with van der Waals surface area (Å²) in [5.74, 6) is 0.941. The summed E-state index contributed by atoms with van der Waals surface area (Å²) in [5, 5.41) is 7.71. The van der Waals surface area contributed by atoms with Crippen LogP contribution in [-0.4, -0.2) is 35.1 Å². The first-order valence-corrected chi connectivity index (χ1v) is 8.85. The Labute approximate surface area is 142 Å². The van der Waals surface area contributed by atoms with E-state index in [2.05, 4.69) is 34.7 Å². The van der Waals surface area contributed by atoms with E-state index in [1.807, 2.05) is 11.0 Å². The Bertz CT molecular complexity index is 705. The molecule has 0 radical (unpaired) electrons. The standard InChI is InChI=1S/C19H23N3O2/c23-19(22-10-4-5-11-22)18-16-12-15(8-9-17(16)24-21-18)20-13-14-6-2-1-3-7-14/h1-3,6-7,15,20H,4-5,8-13H2. The summed E-state index contributed by atoms with van der Waals surface area (Å²) in [6.07, 6.45) is 4.87. The van der Waals surface area contributed by atoms with Gasteiger partial charge in [-0.3, -0.25) is 4.79 Å². The molecule has 1 fully saturated rings. The van der Waals surface area contributed by atoms with Crippen LogP contribution in [-0.2, 0) is 19.4 Å². The summed E-state index contributed by atoms with van der Waals surface area (Å²) in [7, 11) is 0. The monoisotopic (exact) mass is 325 g/mol. The molecule has 1 aromatic heterocycles. The summed E-state index contributed by atoms with van der Waals surface area (Å²) < 4.78 is 5.45. The molecule has 0 bridgehead atoms. The van der Waals surface area contributed by atoms with Crippen LogP contribution in [0, 0.1) is 0 Å². The first-order valence-electron chi connectivity index (χ1n) is 8.85. The molecule has 0 saturated carbocycles. The van der Waals surface area contributed by atoms with Crippen molar-refractivity contribution in [2.45, 2.75) is 44.7 Å². The predicted molar refractivity (Wildman–Crippen MR) is 90.7 cm³/mol. The molecule has 5 heteroatoms. The van der Waals surface area contributed by atoms with Gasteiger partial charge < -0.3 is 14.7 Å². The molecule has 2 aliphatic rings. The molecule has 1 atom stereocenters. The van der Waals surface area contributed by atoms with Crippen molar-refractivity contribution in [3.8, 4) is 0 Å². The van der Waals surface area contributed by atoms with Crippen molar-refractivity contribution in [2.75, 3.05) is 13.1 Å². The SMILES string of the molecule is O=C(c1noc2c1CC(NCc1ccccc1)CC2)N1CCCC1. The number of aryl methyl sites for hydroxylation is 1. The Morgan fingerprint density at radius 3 is 2.83 bits per heavy atom. The minimum atomic E-state index is 0.0428. The van der Waals surface area contributed by atoms with Gasteiger partial charge >= 0.3 is 0 Å². The van der Waals surface area contributed by atoms with Crippen molar-refractivity contribution < 1.29 is 9.32 Å². The van der Waals surface area contributed by atoms with E-state index >= 15 is 0 Å². The van der Waals surface area contributed by atoms with Crippen molar-refractivity contribution in [2.24, 2.45) is 0 Å². The van der Waals surface area contributed by atoms with Crippen LogP contribution in [0.15, 0.2) is 34.9 Å². The number of carbonyl (C=O) groups excluding carboxylic acids is 1. The molecule has 2 aromatic rings. The van der Waals surface area contributed by atoms with Crippen LogP contribution < -0.4 is 5.32 Å². The van der Waals surface area contributed by atoms with Crippen LogP contribution >= 0.6 is 0 Å². The average molecular weight is 325 g/mol. The second-order valence-electron chi connectivity index (χ2n) is 6.74. The lowest BCUT2D eigenvalue weighted by Gasteiger charge is -2.23. The Kier molecular flexibility index (Phi) is 4.34. The lowest BCUT2D eigenvalue weighted by atomic mass is 9.91. The number of carbonyl (C=O) groups is 1. The van der Waals surface area contributed by atoms with Crippen molar-refractivity contribution in [1.82, 2.24) is 15.4 Å². The molecule has 1 aromatic carbocycles. The fourth-order valence-electron chi connectivity index (χ4n) is 3.67. The van der Waals surface area contributed by atoms with E-state index in [-0.39, 0.29) is 5.91 Å². The largest absolute Gasteiger partial charge is 0.360 e. The average Bonchev–Trinajstić information content (AvgIpc) is 3.30. The van der Waals surface area contributed by atoms with Crippen molar-refractivity contribution >= 4 is 5.91 Å². The number of benzene rings is 1. The van der Waals surface area contributed by atoms with E-state index in [4.69, 9.17) is 4.52 Å². The molecule has 1 aliphatic carbocycles. The van der Waals surface area contributed by atoms with Gasteiger partial charge in [-0.1, -0.05) is 35.5 Å². The Morgan fingerprint density at radius 2 is 2.04 bits per heavy atom. The van der Waals surface area contributed by atoms with Gasteiger partial charge in [0.05, 0.1) is 0 Å². The maximum atomic E-state index is 12.6. The first-order chi connectivity index (χ1) is 11.8. The number of hydrogen-bond acceptors (Lipinski definition) is 4. The van der Waals surface area contributed by atoms with Gasteiger partial charge in [0, 0.05) is 37.7 Å². The molecule has 1 unspecified atom stereocenters. The molecule has 5 nitrogen and oxygen atoms in total. The fraction of sp³-hybridized carbons (Fsp3) is 0.474. The lowest BCUT2D eigenvalue weighted by molar-refractivity contribution is 0.0781. The zero-order valence-electron chi connectivity index (χ0n) is 13.8. The quantitative estimate of drug-likeness (QED) is 0.938. The van der Waals surface area contributed by atoms with Crippen LogP contribution in [0.2, 0.25) is 0 Å². The second kappa shape index (κ2) is 6.77. The summed E-state index contributed by atoms with van der Waals surface area (Å²) in [6, 6.07) is 10.8. The van der Waals surface area contributed by atoms with Gasteiger partial charge in [-0.25, -0.2) is 0 Å². The number of nitrogens with one attached hydrogen (secondary N) is 1. The number of rotatable bonds is 4. The van der Waals surface area contributed by atoms with Crippen molar-refractivity contribution in [1.29, 1.82) is 0 Å². The van der Waals surface area contributed by atoms with Gasteiger partial charge in [0.2, 0.25) is 0 Å². The van der Waals surface area contributed by atoms with Gasteiger partial charge in [0.15, 0.2) is 5.69 Å². The minimum Gasteiger partial charge on any atom is -0.360 e. The van der Waals surface area contributed by atoms with Crippen LogP contribution in [0.5, 0.6) is 0 Å². The molecule has 1 saturated heterocycles. The maximum Gasteiger partial charge on any atom is 0.276 e. The van der Waals surface area contributed by atoms with Crippen molar-refractivity contribution in [3.63, 3.8) is 0 Å². The van der Waals surface area contributed by atoms with Gasteiger partial charge in [-0.2, -0.15) is 0 Å². The Hall–Kier alpha value is -2.14. The highest BCUT2D eigenvalue weighted by Gasteiger charge is 2.31. The molecule has 4 rings (SSSR count).